The lowest BCUT2D eigenvalue weighted by Crippen LogP contribution is -2.47. The quantitative estimate of drug-likeness (QED) is 0.585. The van der Waals surface area contributed by atoms with Gasteiger partial charge in [-0.1, -0.05) is 36.4 Å². The molecule has 6 heteroatoms. The zero-order chi connectivity index (χ0) is 21.5. The van der Waals surface area contributed by atoms with Gasteiger partial charge >= 0.3 is 5.97 Å². The Morgan fingerprint density at radius 1 is 0.938 bits per heavy atom. The summed E-state index contributed by atoms with van der Waals surface area (Å²) in [6.07, 6.45) is 6.79. The molecule has 0 saturated carbocycles. The molecule has 0 amide bonds. The van der Waals surface area contributed by atoms with Crippen LogP contribution in [-0.2, 0) is 29.1 Å². The highest BCUT2D eigenvalue weighted by Crippen LogP contribution is 2.35. The van der Waals surface area contributed by atoms with Gasteiger partial charge in [-0.3, -0.25) is 9.69 Å². The fourth-order valence-electron chi connectivity index (χ4n) is 4.59. The van der Waals surface area contributed by atoms with Gasteiger partial charge in [0, 0.05) is 32.7 Å². The van der Waals surface area contributed by atoms with Crippen molar-refractivity contribution < 1.29 is 19.4 Å². The van der Waals surface area contributed by atoms with Crippen molar-refractivity contribution in [1.82, 2.24) is 4.90 Å². The summed E-state index contributed by atoms with van der Waals surface area (Å²) in [4.78, 5) is 13.2. The first-order valence-electron chi connectivity index (χ1n) is 11.5. The van der Waals surface area contributed by atoms with Crippen LogP contribution in [0.1, 0.15) is 55.2 Å². The number of benzene rings is 2. The number of rotatable bonds is 8. The summed E-state index contributed by atoms with van der Waals surface area (Å²) < 4.78 is 12.0. The Balaban J connectivity index is 0.00000289. The molecule has 0 radical (unpaired) electrons. The molecule has 174 valence electrons. The van der Waals surface area contributed by atoms with Crippen molar-refractivity contribution >= 4 is 18.4 Å². The van der Waals surface area contributed by atoms with Crippen LogP contribution >= 0.6 is 12.4 Å². The van der Waals surface area contributed by atoms with Crippen LogP contribution in [0.5, 0.6) is 5.75 Å². The molecule has 2 saturated heterocycles. The van der Waals surface area contributed by atoms with Gasteiger partial charge in [-0.15, -0.1) is 12.4 Å². The summed E-state index contributed by atoms with van der Waals surface area (Å²) in [6, 6.07) is 16.4. The molecule has 2 aromatic rings. The average Bonchev–Trinajstić information content (AvgIpc) is 2.80. The number of aliphatic carboxylic acids is 1. The number of ether oxygens (including phenoxy) is 2. The fourth-order valence-corrected chi connectivity index (χ4v) is 4.59. The maximum absolute atomic E-state index is 10.7. The summed E-state index contributed by atoms with van der Waals surface area (Å²) in [5.41, 5.74) is 3.67. The Bertz CT molecular complexity index is 837. The number of carboxylic acids is 1. The number of nitrogens with zero attached hydrogens (tertiary/aromatic N) is 1. The molecular formula is C26H34ClNO4. The van der Waals surface area contributed by atoms with E-state index < -0.39 is 5.97 Å². The molecule has 32 heavy (non-hydrogen) atoms. The van der Waals surface area contributed by atoms with Gasteiger partial charge < -0.3 is 14.6 Å². The van der Waals surface area contributed by atoms with E-state index in [1.165, 1.54) is 24.8 Å². The predicted molar refractivity (Wildman–Crippen MR) is 127 cm³/mol. The van der Waals surface area contributed by atoms with E-state index >= 15 is 0 Å². The van der Waals surface area contributed by atoms with E-state index in [1.807, 2.05) is 24.3 Å². The Labute approximate surface area is 197 Å². The second-order valence-corrected chi connectivity index (χ2v) is 8.91. The lowest BCUT2D eigenvalue weighted by molar-refractivity contribution is -0.136. The Hall–Kier alpha value is -2.08. The highest BCUT2D eigenvalue weighted by Gasteiger charge is 2.36. The number of carbonyl (C=O) groups is 1. The molecule has 1 spiro atoms. The van der Waals surface area contributed by atoms with Crippen molar-refractivity contribution in [2.75, 3.05) is 19.7 Å². The van der Waals surface area contributed by atoms with Gasteiger partial charge in [0.25, 0.3) is 0 Å². The summed E-state index contributed by atoms with van der Waals surface area (Å²) in [5.74, 6) is 0.0292. The second-order valence-electron chi connectivity index (χ2n) is 8.91. The molecule has 2 aromatic carbocycles. The topological polar surface area (TPSA) is 59.0 Å². The van der Waals surface area contributed by atoms with Crippen molar-refractivity contribution in [3.05, 3.63) is 65.2 Å². The third-order valence-electron chi connectivity index (χ3n) is 6.59. The van der Waals surface area contributed by atoms with Crippen molar-refractivity contribution in [2.45, 2.75) is 63.7 Å². The van der Waals surface area contributed by atoms with Crippen LogP contribution in [0.2, 0.25) is 0 Å². The number of piperidine rings is 1. The summed E-state index contributed by atoms with van der Waals surface area (Å²) in [5, 5.41) is 8.77. The van der Waals surface area contributed by atoms with E-state index in [2.05, 4.69) is 29.2 Å². The van der Waals surface area contributed by atoms with E-state index in [0.717, 1.165) is 56.0 Å². The number of hydrogen-bond acceptors (Lipinski definition) is 4. The van der Waals surface area contributed by atoms with Crippen molar-refractivity contribution in [3.8, 4) is 5.75 Å². The van der Waals surface area contributed by atoms with E-state index in [-0.39, 0.29) is 24.4 Å². The van der Waals surface area contributed by atoms with E-state index in [9.17, 15) is 4.79 Å². The SMILES string of the molecule is Cl.O=C(O)CCc1ccc(OCc2ccc(CN3CCC4(CCCCO4)CC3)cc2)cc1. The molecule has 0 bridgehead atoms. The molecule has 0 aliphatic carbocycles. The molecule has 5 nitrogen and oxygen atoms in total. The minimum absolute atomic E-state index is 0. The minimum Gasteiger partial charge on any atom is -0.489 e. The first kappa shape index (κ1) is 24.6. The van der Waals surface area contributed by atoms with Crippen molar-refractivity contribution in [3.63, 3.8) is 0 Å². The first-order chi connectivity index (χ1) is 15.1. The molecule has 4 rings (SSSR count). The lowest BCUT2D eigenvalue weighted by Gasteiger charge is -2.44. The summed E-state index contributed by atoms with van der Waals surface area (Å²) in [7, 11) is 0. The van der Waals surface area contributed by atoms with Crippen LogP contribution in [0.15, 0.2) is 48.5 Å². The Morgan fingerprint density at radius 2 is 1.59 bits per heavy atom. The van der Waals surface area contributed by atoms with E-state index in [4.69, 9.17) is 14.6 Å². The highest BCUT2D eigenvalue weighted by molar-refractivity contribution is 5.85. The fraction of sp³-hybridized carbons (Fsp3) is 0.500. The third-order valence-corrected chi connectivity index (χ3v) is 6.59. The van der Waals surface area contributed by atoms with Gasteiger partial charge in [-0.25, -0.2) is 0 Å². The van der Waals surface area contributed by atoms with Crippen LogP contribution in [-0.4, -0.2) is 41.3 Å². The summed E-state index contributed by atoms with van der Waals surface area (Å²) >= 11 is 0. The second kappa shape index (κ2) is 11.7. The zero-order valence-electron chi connectivity index (χ0n) is 18.6. The average molecular weight is 460 g/mol. The van der Waals surface area contributed by atoms with Crippen molar-refractivity contribution in [1.29, 1.82) is 0 Å². The van der Waals surface area contributed by atoms with Crippen LogP contribution in [0, 0.1) is 0 Å². The molecule has 2 aliphatic heterocycles. The maximum Gasteiger partial charge on any atom is 0.303 e. The standard InChI is InChI=1S/C26H33NO4.ClH/c28-25(29)12-9-21-7-10-24(11-8-21)30-20-23-5-3-22(4-6-23)19-27-16-14-26(15-17-27)13-1-2-18-31-26;/h3-8,10-11H,1-2,9,12-20H2,(H,28,29);1H. The smallest absolute Gasteiger partial charge is 0.303 e. The van der Waals surface area contributed by atoms with Crippen molar-refractivity contribution in [2.24, 2.45) is 0 Å². The molecule has 2 aliphatic rings. The molecule has 1 N–H and O–H groups in total. The number of carboxylic acid groups (broad SMARTS) is 1. The molecule has 2 fully saturated rings. The first-order valence-corrected chi connectivity index (χ1v) is 11.5. The van der Waals surface area contributed by atoms with Gasteiger partial charge in [0.05, 0.1) is 5.60 Å². The predicted octanol–water partition coefficient (Wildman–Crippen LogP) is 5.24. The molecular weight excluding hydrogens is 426 g/mol. The molecule has 0 aromatic heterocycles. The Kier molecular flexibility index (Phi) is 8.97. The maximum atomic E-state index is 10.7. The van der Waals surface area contributed by atoms with Gasteiger partial charge in [0.15, 0.2) is 0 Å². The monoisotopic (exact) mass is 459 g/mol. The lowest BCUT2D eigenvalue weighted by atomic mass is 9.84. The van der Waals surface area contributed by atoms with Gasteiger partial charge in [-0.2, -0.15) is 0 Å². The van der Waals surface area contributed by atoms with Crippen LogP contribution < -0.4 is 4.74 Å². The summed E-state index contributed by atoms with van der Waals surface area (Å²) in [6.45, 7) is 4.70. The molecule has 0 unspecified atom stereocenters. The number of aryl methyl sites for hydroxylation is 1. The van der Waals surface area contributed by atoms with Crippen LogP contribution in [0.25, 0.3) is 0 Å². The van der Waals surface area contributed by atoms with Gasteiger partial charge in [0.1, 0.15) is 12.4 Å². The normalized spacial score (nSPS) is 18.1. The van der Waals surface area contributed by atoms with E-state index in [1.54, 1.807) is 0 Å². The van der Waals surface area contributed by atoms with Crippen LogP contribution in [0.4, 0.5) is 0 Å². The highest BCUT2D eigenvalue weighted by atomic mass is 35.5. The Morgan fingerprint density at radius 3 is 2.22 bits per heavy atom. The largest absolute Gasteiger partial charge is 0.489 e. The zero-order valence-corrected chi connectivity index (χ0v) is 19.4. The molecule has 2 heterocycles. The number of halogens is 1. The van der Waals surface area contributed by atoms with Gasteiger partial charge in [-0.05, 0) is 67.3 Å². The number of hydrogen-bond donors (Lipinski definition) is 1. The van der Waals surface area contributed by atoms with Gasteiger partial charge in [0.2, 0.25) is 0 Å². The molecule has 0 atom stereocenters. The minimum atomic E-state index is -0.772. The third kappa shape index (κ3) is 6.96. The van der Waals surface area contributed by atoms with E-state index in [0.29, 0.717) is 13.0 Å². The number of likely N-dealkylation sites (tertiary alicyclic amines) is 1. The van der Waals surface area contributed by atoms with Crippen LogP contribution in [0.3, 0.4) is 0 Å².